The van der Waals surface area contributed by atoms with Crippen molar-refractivity contribution >= 4 is 32.3 Å². The molecule has 230 valence electrons. The van der Waals surface area contributed by atoms with E-state index in [1.807, 2.05) is 30.3 Å². The fourth-order valence-corrected chi connectivity index (χ4v) is 7.38. The molecule has 0 saturated carbocycles. The number of hydrogen-bond donors (Lipinski definition) is 0. The molecule has 0 spiro atoms. The third-order valence-corrected chi connectivity index (χ3v) is 10.0. The van der Waals surface area contributed by atoms with Crippen molar-refractivity contribution in [1.29, 1.82) is 0 Å². The standard InChI is InChI=1S/C45H29N3S/c1-4-11-30(12-5-1)31-19-21-33(22-20-31)41-29-40(32-13-6-2-7-14-32)46-44(47-41)38-26-24-35-27-37(25-23-36(35)28-38)39-17-10-18-42-43(39)48-45(49-42)34-15-8-3-9-16-34/h1-29H. The van der Waals surface area contributed by atoms with E-state index in [1.54, 1.807) is 11.3 Å². The molecule has 0 aliphatic carbocycles. The SMILES string of the molecule is c1ccc(-c2ccc(-c3cc(-c4ccccc4)nc(-c4ccc5cc(-c6cccc7sc(-c8ccccc8)nc67)ccc5c4)n3)cc2)cc1. The van der Waals surface area contributed by atoms with Gasteiger partial charge in [-0.3, -0.25) is 0 Å². The molecule has 0 unspecified atom stereocenters. The molecule has 9 rings (SSSR count). The van der Waals surface area contributed by atoms with Crippen LogP contribution in [0.1, 0.15) is 0 Å². The minimum Gasteiger partial charge on any atom is -0.235 e. The Morgan fingerprint density at radius 3 is 1.53 bits per heavy atom. The summed E-state index contributed by atoms with van der Waals surface area (Å²) in [5.74, 6) is 0.704. The number of thiazole rings is 1. The number of para-hydroxylation sites is 1. The van der Waals surface area contributed by atoms with Gasteiger partial charge >= 0.3 is 0 Å². The van der Waals surface area contributed by atoms with E-state index in [0.29, 0.717) is 5.82 Å². The monoisotopic (exact) mass is 643 g/mol. The van der Waals surface area contributed by atoms with Gasteiger partial charge in [-0.2, -0.15) is 0 Å². The van der Waals surface area contributed by atoms with Crippen LogP contribution in [0.4, 0.5) is 0 Å². The molecule has 4 heteroatoms. The van der Waals surface area contributed by atoms with Crippen molar-refractivity contribution in [1.82, 2.24) is 15.0 Å². The molecular formula is C45H29N3S. The zero-order valence-electron chi connectivity index (χ0n) is 26.5. The van der Waals surface area contributed by atoms with Crippen LogP contribution in [0.2, 0.25) is 0 Å². The minimum atomic E-state index is 0.704. The molecule has 0 amide bonds. The predicted molar refractivity (Wildman–Crippen MR) is 205 cm³/mol. The van der Waals surface area contributed by atoms with Gasteiger partial charge in [-0.25, -0.2) is 15.0 Å². The van der Waals surface area contributed by atoms with Crippen LogP contribution < -0.4 is 0 Å². The van der Waals surface area contributed by atoms with Crippen LogP contribution in [0, 0.1) is 0 Å². The maximum atomic E-state index is 5.12. The summed E-state index contributed by atoms with van der Waals surface area (Å²) in [6, 6.07) is 61.5. The number of nitrogens with zero attached hydrogens (tertiary/aromatic N) is 3. The van der Waals surface area contributed by atoms with Crippen molar-refractivity contribution in [2.75, 3.05) is 0 Å². The van der Waals surface area contributed by atoms with Gasteiger partial charge in [0.2, 0.25) is 0 Å². The molecule has 2 aromatic heterocycles. The van der Waals surface area contributed by atoms with Crippen molar-refractivity contribution < 1.29 is 0 Å². The first-order chi connectivity index (χ1) is 24.2. The molecular weight excluding hydrogens is 615 g/mol. The van der Waals surface area contributed by atoms with E-state index >= 15 is 0 Å². The topological polar surface area (TPSA) is 38.7 Å². The fraction of sp³-hybridized carbons (Fsp3) is 0. The second kappa shape index (κ2) is 12.4. The number of hydrogen-bond acceptors (Lipinski definition) is 4. The summed E-state index contributed by atoms with van der Waals surface area (Å²) in [6.07, 6.45) is 0. The van der Waals surface area contributed by atoms with Crippen molar-refractivity contribution in [2.24, 2.45) is 0 Å². The second-order valence-electron chi connectivity index (χ2n) is 12.1. The lowest BCUT2D eigenvalue weighted by Gasteiger charge is -2.11. The smallest absolute Gasteiger partial charge is 0.160 e. The zero-order chi connectivity index (χ0) is 32.6. The molecule has 0 aliphatic heterocycles. The van der Waals surface area contributed by atoms with Crippen LogP contribution in [0.5, 0.6) is 0 Å². The van der Waals surface area contributed by atoms with Gasteiger partial charge in [-0.05, 0) is 51.7 Å². The van der Waals surface area contributed by atoms with Gasteiger partial charge in [-0.15, -0.1) is 11.3 Å². The lowest BCUT2D eigenvalue weighted by atomic mass is 9.99. The molecule has 0 atom stereocenters. The third kappa shape index (κ3) is 5.69. The van der Waals surface area contributed by atoms with Crippen LogP contribution in [0.3, 0.4) is 0 Å². The number of aromatic nitrogens is 3. The molecule has 0 N–H and O–H groups in total. The molecule has 3 nitrogen and oxygen atoms in total. The van der Waals surface area contributed by atoms with E-state index in [9.17, 15) is 0 Å². The van der Waals surface area contributed by atoms with E-state index < -0.39 is 0 Å². The van der Waals surface area contributed by atoms with Crippen molar-refractivity contribution in [3.05, 3.63) is 176 Å². The minimum absolute atomic E-state index is 0.704. The van der Waals surface area contributed by atoms with Gasteiger partial charge in [0.1, 0.15) is 5.01 Å². The maximum absolute atomic E-state index is 5.12. The highest BCUT2D eigenvalue weighted by atomic mass is 32.1. The van der Waals surface area contributed by atoms with Crippen LogP contribution in [0.25, 0.3) is 87.7 Å². The van der Waals surface area contributed by atoms with Crippen molar-refractivity contribution in [3.8, 4) is 66.7 Å². The molecule has 0 aliphatic rings. The first-order valence-electron chi connectivity index (χ1n) is 16.4. The van der Waals surface area contributed by atoms with Gasteiger partial charge in [-0.1, -0.05) is 152 Å². The summed E-state index contributed by atoms with van der Waals surface area (Å²) in [5, 5.41) is 3.34. The Hall–Kier alpha value is -6.23. The van der Waals surface area contributed by atoms with Crippen LogP contribution in [0.15, 0.2) is 176 Å². The molecule has 2 heterocycles. The summed E-state index contributed by atoms with van der Waals surface area (Å²) in [4.78, 5) is 15.3. The van der Waals surface area contributed by atoms with Crippen molar-refractivity contribution in [3.63, 3.8) is 0 Å². The van der Waals surface area contributed by atoms with E-state index in [1.165, 1.54) is 15.8 Å². The van der Waals surface area contributed by atoms with E-state index in [4.69, 9.17) is 15.0 Å². The Morgan fingerprint density at radius 1 is 0.347 bits per heavy atom. The van der Waals surface area contributed by atoms with Gasteiger partial charge < -0.3 is 0 Å². The maximum Gasteiger partial charge on any atom is 0.160 e. The summed E-state index contributed by atoms with van der Waals surface area (Å²) >= 11 is 1.74. The van der Waals surface area contributed by atoms with Crippen LogP contribution in [-0.4, -0.2) is 15.0 Å². The van der Waals surface area contributed by atoms with Crippen molar-refractivity contribution in [2.45, 2.75) is 0 Å². The number of fused-ring (bicyclic) bond motifs is 2. The molecule has 0 radical (unpaired) electrons. The highest BCUT2D eigenvalue weighted by Gasteiger charge is 2.14. The Morgan fingerprint density at radius 2 is 0.857 bits per heavy atom. The largest absolute Gasteiger partial charge is 0.235 e. The molecule has 49 heavy (non-hydrogen) atoms. The summed E-state index contributed by atoms with van der Waals surface area (Å²) in [7, 11) is 0. The second-order valence-corrected chi connectivity index (χ2v) is 13.1. The van der Waals surface area contributed by atoms with Gasteiger partial charge in [0.05, 0.1) is 21.6 Å². The average Bonchev–Trinajstić information content (AvgIpc) is 3.63. The fourth-order valence-electron chi connectivity index (χ4n) is 6.38. The molecule has 9 aromatic rings. The highest BCUT2D eigenvalue weighted by molar-refractivity contribution is 7.21. The lowest BCUT2D eigenvalue weighted by Crippen LogP contribution is -1.96. The van der Waals surface area contributed by atoms with Crippen LogP contribution in [-0.2, 0) is 0 Å². The molecule has 7 aromatic carbocycles. The lowest BCUT2D eigenvalue weighted by molar-refractivity contribution is 1.18. The van der Waals surface area contributed by atoms with Gasteiger partial charge in [0.15, 0.2) is 5.82 Å². The van der Waals surface area contributed by atoms with E-state index in [0.717, 1.165) is 66.1 Å². The van der Waals surface area contributed by atoms with Gasteiger partial charge in [0.25, 0.3) is 0 Å². The predicted octanol–water partition coefficient (Wildman–Crippen LogP) is 12.2. The Balaban J connectivity index is 1.10. The summed E-state index contributed by atoms with van der Waals surface area (Å²) < 4.78 is 1.19. The Bertz CT molecular complexity index is 2580. The van der Waals surface area contributed by atoms with E-state index in [-0.39, 0.29) is 0 Å². The first-order valence-corrected chi connectivity index (χ1v) is 17.2. The van der Waals surface area contributed by atoms with Crippen LogP contribution >= 0.6 is 11.3 Å². The Kier molecular flexibility index (Phi) is 7.34. The van der Waals surface area contributed by atoms with E-state index in [2.05, 4.69) is 146 Å². The molecule has 0 fully saturated rings. The highest BCUT2D eigenvalue weighted by Crippen LogP contribution is 2.37. The summed E-state index contributed by atoms with van der Waals surface area (Å²) in [6.45, 7) is 0. The molecule has 0 bridgehead atoms. The summed E-state index contributed by atoms with van der Waals surface area (Å²) in [5.41, 5.74) is 11.7. The normalized spacial score (nSPS) is 11.3. The Labute approximate surface area is 288 Å². The van der Waals surface area contributed by atoms with Gasteiger partial charge in [0, 0.05) is 27.8 Å². The molecule has 0 saturated heterocycles. The number of rotatable bonds is 6. The zero-order valence-corrected chi connectivity index (χ0v) is 27.3. The third-order valence-electron chi connectivity index (χ3n) is 8.93. The average molecular weight is 644 g/mol. The first kappa shape index (κ1) is 29.0. The number of benzene rings is 7. The quantitative estimate of drug-likeness (QED) is 0.181.